The predicted octanol–water partition coefficient (Wildman–Crippen LogP) is 1.29. The van der Waals surface area contributed by atoms with E-state index in [1.165, 1.54) is 0 Å². The second kappa shape index (κ2) is 13.3. The van der Waals surface area contributed by atoms with Gasteiger partial charge in [0.15, 0.2) is 5.96 Å². The summed E-state index contributed by atoms with van der Waals surface area (Å²) in [7, 11) is 2.20. The van der Waals surface area contributed by atoms with Crippen molar-refractivity contribution < 1.29 is 0 Å². The SMILES string of the molecule is CCNC(=NCC(C(C)C)N1CCN(C)CC1)NCCn1cnnc1CC.I. The maximum Gasteiger partial charge on any atom is 0.191 e. The fourth-order valence-corrected chi connectivity index (χ4v) is 3.46. The number of piperazine rings is 1. The summed E-state index contributed by atoms with van der Waals surface area (Å²) in [5, 5.41) is 14.9. The van der Waals surface area contributed by atoms with Crippen LogP contribution in [0.15, 0.2) is 11.3 Å². The largest absolute Gasteiger partial charge is 0.357 e. The normalized spacial score (nSPS) is 17.4. The third kappa shape index (κ3) is 7.82. The summed E-state index contributed by atoms with van der Waals surface area (Å²) in [6.07, 6.45) is 2.70. The lowest BCUT2D eigenvalue weighted by Crippen LogP contribution is -2.52. The first-order valence-corrected chi connectivity index (χ1v) is 10.4. The maximum absolute atomic E-state index is 4.89. The average Bonchev–Trinajstić information content (AvgIpc) is 3.10. The fourth-order valence-electron chi connectivity index (χ4n) is 3.46. The molecule has 0 amide bonds. The lowest BCUT2D eigenvalue weighted by atomic mass is 10.0. The minimum absolute atomic E-state index is 0. The standard InChI is InChI=1S/C19H38N8.HI/c1-6-18-24-23-15-27(18)9-8-21-19(20-7-2)22-14-17(16(3)4)26-12-10-25(5)11-13-26;/h15-17H,6-14H2,1-5H3,(H2,20,21,22);1H. The smallest absolute Gasteiger partial charge is 0.191 e. The maximum atomic E-state index is 4.89. The van der Waals surface area contributed by atoms with Crippen LogP contribution < -0.4 is 10.6 Å². The Balaban J connectivity index is 0.00000392. The molecule has 1 aromatic heterocycles. The highest BCUT2D eigenvalue weighted by atomic mass is 127. The van der Waals surface area contributed by atoms with E-state index in [0.29, 0.717) is 12.0 Å². The number of likely N-dealkylation sites (N-methyl/N-ethyl adjacent to an activating group) is 1. The molecule has 0 saturated carbocycles. The Morgan fingerprint density at radius 2 is 1.89 bits per heavy atom. The van der Waals surface area contributed by atoms with Crippen molar-refractivity contribution in [1.29, 1.82) is 0 Å². The molecule has 1 unspecified atom stereocenters. The van der Waals surface area contributed by atoms with E-state index in [1.807, 2.05) is 0 Å². The van der Waals surface area contributed by atoms with Crippen molar-refractivity contribution in [2.24, 2.45) is 10.9 Å². The molecular formula is C19H39IN8. The first kappa shape index (κ1) is 25.1. The molecule has 2 rings (SSSR count). The number of aliphatic imine (C=N–C) groups is 1. The number of halogens is 1. The van der Waals surface area contributed by atoms with Gasteiger partial charge < -0.3 is 20.1 Å². The lowest BCUT2D eigenvalue weighted by Gasteiger charge is -2.39. The van der Waals surface area contributed by atoms with Crippen molar-refractivity contribution >= 4 is 29.9 Å². The van der Waals surface area contributed by atoms with E-state index in [2.05, 4.69) is 69.9 Å². The van der Waals surface area contributed by atoms with E-state index in [1.54, 1.807) is 6.33 Å². The van der Waals surface area contributed by atoms with Crippen LogP contribution in [0.2, 0.25) is 0 Å². The number of nitrogens with one attached hydrogen (secondary N) is 2. The van der Waals surface area contributed by atoms with Crippen molar-refractivity contribution in [2.75, 3.05) is 52.9 Å². The summed E-state index contributed by atoms with van der Waals surface area (Å²) >= 11 is 0. The highest BCUT2D eigenvalue weighted by molar-refractivity contribution is 14.0. The van der Waals surface area contributed by atoms with Crippen LogP contribution in [0.3, 0.4) is 0 Å². The summed E-state index contributed by atoms with van der Waals surface area (Å²) < 4.78 is 2.09. The van der Waals surface area contributed by atoms with Gasteiger partial charge >= 0.3 is 0 Å². The number of nitrogens with zero attached hydrogens (tertiary/aromatic N) is 6. The van der Waals surface area contributed by atoms with Gasteiger partial charge in [0.2, 0.25) is 0 Å². The third-order valence-electron chi connectivity index (χ3n) is 5.21. The van der Waals surface area contributed by atoms with Gasteiger partial charge in [-0.25, -0.2) is 0 Å². The molecule has 1 fully saturated rings. The topological polar surface area (TPSA) is 73.6 Å². The Kier molecular flexibility index (Phi) is 11.9. The molecule has 1 atom stereocenters. The highest BCUT2D eigenvalue weighted by Gasteiger charge is 2.24. The quantitative estimate of drug-likeness (QED) is 0.299. The zero-order valence-corrected chi connectivity index (χ0v) is 20.5. The van der Waals surface area contributed by atoms with Crippen LogP contribution in [0.5, 0.6) is 0 Å². The molecule has 9 heteroatoms. The van der Waals surface area contributed by atoms with Gasteiger partial charge in [0.25, 0.3) is 0 Å². The van der Waals surface area contributed by atoms with Gasteiger partial charge in [0, 0.05) is 58.3 Å². The molecule has 1 saturated heterocycles. The summed E-state index contributed by atoms with van der Waals surface area (Å²) in [4.78, 5) is 9.89. The molecule has 0 bridgehead atoms. The molecule has 0 spiro atoms. The summed E-state index contributed by atoms with van der Waals surface area (Å²) in [5.41, 5.74) is 0. The molecule has 2 heterocycles. The van der Waals surface area contributed by atoms with Gasteiger partial charge in [-0.05, 0) is 19.9 Å². The monoisotopic (exact) mass is 506 g/mol. The number of hydrogen-bond donors (Lipinski definition) is 2. The second-order valence-electron chi connectivity index (χ2n) is 7.59. The zero-order chi connectivity index (χ0) is 19.6. The molecule has 1 aromatic rings. The molecule has 1 aliphatic rings. The molecule has 2 N–H and O–H groups in total. The molecule has 162 valence electrons. The molecule has 0 radical (unpaired) electrons. The van der Waals surface area contributed by atoms with Crippen molar-refractivity contribution in [1.82, 2.24) is 35.2 Å². The van der Waals surface area contributed by atoms with Gasteiger partial charge in [-0.15, -0.1) is 34.2 Å². The Morgan fingerprint density at radius 1 is 1.18 bits per heavy atom. The molecular weight excluding hydrogens is 467 g/mol. The number of aryl methyl sites for hydroxylation is 1. The lowest BCUT2D eigenvalue weighted by molar-refractivity contribution is 0.0925. The average molecular weight is 506 g/mol. The van der Waals surface area contributed by atoms with Crippen molar-refractivity contribution in [3.8, 4) is 0 Å². The van der Waals surface area contributed by atoms with Crippen molar-refractivity contribution in [3.05, 3.63) is 12.2 Å². The minimum atomic E-state index is 0. The van der Waals surface area contributed by atoms with Gasteiger partial charge in [-0.2, -0.15) is 0 Å². The van der Waals surface area contributed by atoms with Gasteiger partial charge in [-0.1, -0.05) is 20.8 Å². The van der Waals surface area contributed by atoms with Gasteiger partial charge in [0.05, 0.1) is 6.54 Å². The van der Waals surface area contributed by atoms with Gasteiger partial charge in [0.1, 0.15) is 12.2 Å². The second-order valence-corrected chi connectivity index (χ2v) is 7.59. The fraction of sp³-hybridized carbons (Fsp3) is 0.842. The highest BCUT2D eigenvalue weighted by Crippen LogP contribution is 2.14. The van der Waals surface area contributed by atoms with Crippen LogP contribution in [-0.2, 0) is 13.0 Å². The van der Waals surface area contributed by atoms with E-state index >= 15 is 0 Å². The van der Waals surface area contributed by atoms with E-state index in [0.717, 1.165) is 70.6 Å². The van der Waals surface area contributed by atoms with Crippen LogP contribution in [0.25, 0.3) is 0 Å². The van der Waals surface area contributed by atoms with E-state index in [-0.39, 0.29) is 24.0 Å². The van der Waals surface area contributed by atoms with E-state index < -0.39 is 0 Å². The number of rotatable bonds is 9. The van der Waals surface area contributed by atoms with Crippen LogP contribution in [-0.4, -0.2) is 89.4 Å². The van der Waals surface area contributed by atoms with Crippen LogP contribution in [0.1, 0.15) is 33.5 Å². The Bertz CT molecular complexity index is 566. The molecule has 0 aliphatic carbocycles. The molecule has 0 aromatic carbocycles. The Morgan fingerprint density at radius 3 is 2.50 bits per heavy atom. The number of aromatic nitrogens is 3. The molecule has 8 nitrogen and oxygen atoms in total. The van der Waals surface area contributed by atoms with E-state index in [9.17, 15) is 0 Å². The first-order valence-electron chi connectivity index (χ1n) is 10.4. The predicted molar refractivity (Wildman–Crippen MR) is 126 cm³/mol. The van der Waals surface area contributed by atoms with Crippen molar-refractivity contribution in [3.63, 3.8) is 0 Å². The zero-order valence-electron chi connectivity index (χ0n) is 18.2. The Hall–Kier alpha value is -0.940. The van der Waals surface area contributed by atoms with Crippen LogP contribution >= 0.6 is 24.0 Å². The van der Waals surface area contributed by atoms with Crippen molar-refractivity contribution in [2.45, 2.75) is 46.7 Å². The van der Waals surface area contributed by atoms with Gasteiger partial charge in [-0.3, -0.25) is 9.89 Å². The van der Waals surface area contributed by atoms with Crippen LogP contribution in [0.4, 0.5) is 0 Å². The molecule has 28 heavy (non-hydrogen) atoms. The summed E-state index contributed by atoms with van der Waals surface area (Å²) in [6, 6.07) is 0.485. The Labute approximate surface area is 187 Å². The summed E-state index contributed by atoms with van der Waals surface area (Å²) in [6.45, 7) is 16.7. The van der Waals surface area contributed by atoms with Crippen LogP contribution in [0, 0.1) is 5.92 Å². The minimum Gasteiger partial charge on any atom is -0.357 e. The molecule has 1 aliphatic heterocycles. The summed E-state index contributed by atoms with van der Waals surface area (Å²) in [5.74, 6) is 2.50. The number of hydrogen-bond acceptors (Lipinski definition) is 5. The van der Waals surface area contributed by atoms with E-state index in [4.69, 9.17) is 4.99 Å². The third-order valence-corrected chi connectivity index (χ3v) is 5.21. The number of guanidine groups is 1. The first-order chi connectivity index (χ1) is 13.0.